The van der Waals surface area contributed by atoms with E-state index in [0.29, 0.717) is 0 Å². The lowest BCUT2D eigenvalue weighted by Gasteiger charge is -2.34. The number of hydrogen-bond donors (Lipinski definition) is 2. The first-order valence-corrected chi connectivity index (χ1v) is 4.68. The van der Waals surface area contributed by atoms with Gasteiger partial charge < -0.3 is 9.64 Å². The minimum Gasteiger partial charge on any atom is -0.453 e. The minimum atomic E-state index is -0.452. The molecule has 0 bridgehead atoms. The SMILES string of the molecule is COC(=O)N(CCC(=O)NN)C(C)(C)C. The van der Waals surface area contributed by atoms with E-state index in [1.807, 2.05) is 26.2 Å². The second kappa shape index (κ2) is 5.55. The van der Waals surface area contributed by atoms with E-state index in [1.165, 1.54) is 12.0 Å². The molecule has 3 N–H and O–H groups in total. The number of nitrogens with zero attached hydrogens (tertiary/aromatic N) is 1. The Hall–Kier alpha value is -1.30. The molecule has 0 atom stereocenters. The summed E-state index contributed by atoms with van der Waals surface area (Å²) in [5.41, 5.74) is 1.62. The van der Waals surface area contributed by atoms with E-state index in [1.54, 1.807) is 0 Å². The maximum atomic E-state index is 11.4. The van der Waals surface area contributed by atoms with Gasteiger partial charge in [-0.25, -0.2) is 10.6 Å². The number of carbonyl (C=O) groups is 2. The zero-order valence-electron chi connectivity index (χ0n) is 9.66. The lowest BCUT2D eigenvalue weighted by molar-refractivity contribution is -0.121. The van der Waals surface area contributed by atoms with Gasteiger partial charge in [0, 0.05) is 18.5 Å². The fraction of sp³-hybridized carbons (Fsp3) is 0.778. The third kappa shape index (κ3) is 4.64. The molecule has 0 aromatic rings. The van der Waals surface area contributed by atoms with Gasteiger partial charge in [-0.2, -0.15) is 0 Å². The van der Waals surface area contributed by atoms with Crippen LogP contribution in [0.4, 0.5) is 4.79 Å². The summed E-state index contributed by atoms with van der Waals surface area (Å²) in [7, 11) is 1.31. The van der Waals surface area contributed by atoms with Crippen LogP contribution in [0.15, 0.2) is 0 Å². The van der Waals surface area contributed by atoms with Crippen molar-refractivity contribution in [2.45, 2.75) is 32.7 Å². The minimum absolute atomic E-state index is 0.156. The second-order valence-electron chi connectivity index (χ2n) is 4.11. The highest BCUT2D eigenvalue weighted by atomic mass is 16.5. The molecule has 15 heavy (non-hydrogen) atoms. The Balaban J connectivity index is 4.40. The van der Waals surface area contributed by atoms with Gasteiger partial charge >= 0.3 is 6.09 Å². The van der Waals surface area contributed by atoms with Crippen LogP contribution in [0.5, 0.6) is 0 Å². The summed E-state index contributed by atoms with van der Waals surface area (Å²) < 4.78 is 4.63. The monoisotopic (exact) mass is 217 g/mol. The Morgan fingerprint density at radius 3 is 2.27 bits per heavy atom. The third-order valence-corrected chi connectivity index (χ3v) is 1.93. The van der Waals surface area contributed by atoms with Crippen LogP contribution in [-0.4, -0.2) is 36.1 Å². The summed E-state index contributed by atoms with van der Waals surface area (Å²) in [5, 5.41) is 0. The Morgan fingerprint density at radius 1 is 1.40 bits per heavy atom. The van der Waals surface area contributed by atoms with Gasteiger partial charge in [-0.3, -0.25) is 10.2 Å². The first-order chi connectivity index (χ1) is 6.82. The number of hydrazine groups is 1. The molecule has 0 radical (unpaired) electrons. The molecule has 6 nitrogen and oxygen atoms in total. The van der Waals surface area contributed by atoms with Crippen LogP contribution in [0.3, 0.4) is 0 Å². The van der Waals surface area contributed by atoms with E-state index in [9.17, 15) is 9.59 Å². The maximum absolute atomic E-state index is 11.4. The quantitative estimate of drug-likeness (QED) is 0.402. The van der Waals surface area contributed by atoms with E-state index >= 15 is 0 Å². The van der Waals surface area contributed by atoms with Crippen molar-refractivity contribution in [3.63, 3.8) is 0 Å². The van der Waals surface area contributed by atoms with Crippen LogP contribution in [0.2, 0.25) is 0 Å². The summed E-state index contributed by atoms with van der Waals surface area (Å²) in [6.45, 7) is 5.87. The summed E-state index contributed by atoms with van der Waals surface area (Å²) in [6, 6.07) is 0. The van der Waals surface area contributed by atoms with Gasteiger partial charge in [0.25, 0.3) is 0 Å². The number of ether oxygens (including phenoxy) is 1. The first-order valence-electron chi connectivity index (χ1n) is 4.68. The Bertz CT molecular complexity index is 235. The van der Waals surface area contributed by atoms with Gasteiger partial charge in [0.15, 0.2) is 0 Å². The van der Waals surface area contributed by atoms with Crippen molar-refractivity contribution in [1.29, 1.82) is 0 Å². The molecule has 88 valence electrons. The van der Waals surface area contributed by atoms with Gasteiger partial charge in [-0.05, 0) is 20.8 Å². The third-order valence-electron chi connectivity index (χ3n) is 1.93. The standard InChI is InChI=1S/C9H19N3O3/c1-9(2,3)12(8(14)15-4)6-5-7(13)11-10/h5-6,10H2,1-4H3,(H,11,13). The number of carbonyl (C=O) groups excluding carboxylic acids is 2. The van der Waals surface area contributed by atoms with Gasteiger partial charge in [-0.15, -0.1) is 0 Å². The molecule has 0 unspecified atom stereocenters. The molecule has 0 saturated heterocycles. The zero-order valence-corrected chi connectivity index (χ0v) is 9.66. The molecule has 0 aromatic carbocycles. The lowest BCUT2D eigenvalue weighted by Crippen LogP contribution is -2.47. The van der Waals surface area contributed by atoms with Crippen molar-refractivity contribution < 1.29 is 14.3 Å². The Morgan fingerprint density at radius 2 is 1.93 bits per heavy atom. The van der Waals surface area contributed by atoms with E-state index in [2.05, 4.69) is 4.74 Å². The average molecular weight is 217 g/mol. The highest BCUT2D eigenvalue weighted by molar-refractivity contribution is 5.76. The molecule has 0 fully saturated rings. The number of amides is 2. The summed E-state index contributed by atoms with van der Waals surface area (Å²) in [5.74, 6) is 4.63. The highest BCUT2D eigenvalue weighted by Crippen LogP contribution is 2.14. The van der Waals surface area contributed by atoms with Crippen LogP contribution in [0, 0.1) is 0 Å². The number of hydrogen-bond acceptors (Lipinski definition) is 4. The summed E-state index contributed by atoms with van der Waals surface area (Å²) >= 11 is 0. The molecule has 6 heteroatoms. The fourth-order valence-electron chi connectivity index (χ4n) is 1.10. The molecule has 0 heterocycles. The molecule has 0 spiro atoms. The molecule has 0 rings (SSSR count). The topological polar surface area (TPSA) is 84.7 Å². The number of nitrogens with one attached hydrogen (secondary N) is 1. The molecular weight excluding hydrogens is 198 g/mol. The van der Waals surface area contributed by atoms with E-state index in [-0.39, 0.29) is 24.4 Å². The maximum Gasteiger partial charge on any atom is 0.409 e. The molecule has 0 aliphatic heterocycles. The Kier molecular flexibility index (Phi) is 5.07. The summed E-state index contributed by atoms with van der Waals surface area (Å²) in [4.78, 5) is 23.8. The number of methoxy groups -OCH3 is 1. The van der Waals surface area contributed by atoms with Crippen molar-refractivity contribution in [3.05, 3.63) is 0 Å². The molecule has 2 amide bonds. The van der Waals surface area contributed by atoms with Gasteiger partial charge in [0.1, 0.15) is 0 Å². The molecule has 0 saturated carbocycles. The molecule has 0 aliphatic rings. The summed E-state index contributed by atoms with van der Waals surface area (Å²) in [6.07, 6.45) is -0.296. The van der Waals surface area contributed by atoms with Crippen LogP contribution >= 0.6 is 0 Å². The Labute approximate surface area is 89.7 Å². The zero-order chi connectivity index (χ0) is 12.1. The first kappa shape index (κ1) is 13.7. The van der Waals surface area contributed by atoms with Crippen LogP contribution in [0.25, 0.3) is 0 Å². The molecule has 0 aromatic heterocycles. The number of rotatable bonds is 3. The highest BCUT2D eigenvalue weighted by Gasteiger charge is 2.27. The van der Waals surface area contributed by atoms with Crippen molar-refractivity contribution in [2.24, 2.45) is 5.84 Å². The van der Waals surface area contributed by atoms with Crippen molar-refractivity contribution in [2.75, 3.05) is 13.7 Å². The van der Waals surface area contributed by atoms with Crippen molar-refractivity contribution in [1.82, 2.24) is 10.3 Å². The van der Waals surface area contributed by atoms with Crippen LogP contribution < -0.4 is 11.3 Å². The van der Waals surface area contributed by atoms with E-state index in [0.717, 1.165) is 0 Å². The predicted molar refractivity (Wildman–Crippen MR) is 55.8 cm³/mol. The number of nitrogens with two attached hydrogens (primary N) is 1. The average Bonchev–Trinajstić information content (AvgIpc) is 2.15. The molecular formula is C9H19N3O3. The van der Waals surface area contributed by atoms with E-state index in [4.69, 9.17) is 5.84 Å². The predicted octanol–water partition coefficient (Wildman–Crippen LogP) is 0.233. The smallest absolute Gasteiger partial charge is 0.409 e. The van der Waals surface area contributed by atoms with Crippen molar-refractivity contribution >= 4 is 12.0 Å². The van der Waals surface area contributed by atoms with Crippen LogP contribution in [-0.2, 0) is 9.53 Å². The van der Waals surface area contributed by atoms with Gasteiger partial charge in [0.2, 0.25) is 5.91 Å². The van der Waals surface area contributed by atoms with E-state index < -0.39 is 6.09 Å². The largest absolute Gasteiger partial charge is 0.453 e. The second-order valence-corrected chi connectivity index (χ2v) is 4.11. The fourth-order valence-corrected chi connectivity index (χ4v) is 1.10. The lowest BCUT2D eigenvalue weighted by atomic mass is 10.1. The van der Waals surface area contributed by atoms with Crippen molar-refractivity contribution in [3.8, 4) is 0 Å². The van der Waals surface area contributed by atoms with Crippen LogP contribution in [0.1, 0.15) is 27.2 Å². The van der Waals surface area contributed by atoms with Gasteiger partial charge in [-0.1, -0.05) is 0 Å². The normalized spacial score (nSPS) is 10.7. The van der Waals surface area contributed by atoms with Gasteiger partial charge in [0.05, 0.1) is 7.11 Å². The molecule has 0 aliphatic carbocycles.